The number of anilines is 1. The van der Waals surface area contributed by atoms with Gasteiger partial charge in [0.05, 0.1) is 17.8 Å². The minimum absolute atomic E-state index is 0.00996. The fourth-order valence-electron chi connectivity index (χ4n) is 7.90. The predicted octanol–water partition coefficient (Wildman–Crippen LogP) is 4.67. The van der Waals surface area contributed by atoms with E-state index in [1.807, 2.05) is 6.07 Å². The Morgan fingerprint density at radius 3 is 2.48 bits per heavy atom. The number of hydrogen-bond acceptors (Lipinski definition) is 11. The van der Waals surface area contributed by atoms with Gasteiger partial charge in [-0.1, -0.05) is 49.1 Å². The number of carbonyl (C=O) groups excluding carboxylic acids is 4. The van der Waals surface area contributed by atoms with Crippen LogP contribution in [-0.2, 0) is 48.4 Å². The third kappa shape index (κ3) is 7.33. The van der Waals surface area contributed by atoms with E-state index in [1.165, 1.54) is 11.0 Å². The molecule has 1 aromatic heterocycles. The van der Waals surface area contributed by atoms with Gasteiger partial charge >= 0.3 is 12.3 Å². The zero-order valence-electron chi connectivity index (χ0n) is 29.0. The quantitative estimate of drug-likeness (QED) is 0.174. The van der Waals surface area contributed by atoms with Crippen molar-refractivity contribution >= 4 is 61.8 Å². The van der Waals surface area contributed by atoms with Crippen molar-refractivity contribution in [3.8, 4) is 0 Å². The summed E-state index contributed by atoms with van der Waals surface area (Å²) in [5.74, 6) is -4.16. The first kappa shape index (κ1) is 38.5. The number of nitrogens with zero attached hydrogens (tertiary/aromatic N) is 2. The van der Waals surface area contributed by atoms with E-state index < -0.39 is 85.9 Å². The van der Waals surface area contributed by atoms with Gasteiger partial charge in [-0.3, -0.25) is 24.0 Å². The summed E-state index contributed by atoms with van der Waals surface area (Å²) < 4.78 is 74.6. The number of rotatable bonds is 12. The predicted molar refractivity (Wildman–Crippen MR) is 192 cm³/mol. The lowest BCUT2D eigenvalue weighted by atomic mass is 9.69. The number of sulfonamides is 1. The molecular formula is C35H40ClF3N6O7S2. The third-order valence-electron chi connectivity index (χ3n) is 11.2. The van der Waals surface area contributed by atoms with Gasteiger partial charge in [0.2, 0.25) is 10.0 Å². The zero-order valence-corrected chi connectivity index (χ0v) is 31.4. The summed E-state index contributed by atoms with van der Waals surface area (Å²) in [5, 5.41) is 8.83. The highest BCUT2D eigenvalue weighted by atomic mass is 35.5. The van der Waals surface area contributed by atoms with Gasteiger partial charge < -0.3 is 20.7 Å². The molecule has 3 aliphatic carbocycles. The van der Waals surface area contributed by atoms with E-state index >= 15 is 4.79 Å². The largest absolute Gasteiger partial charge is 0.445 e. The van der Waals surface area contributed by atoms with Gasteiger partial charge in [-0.25, -0.2) is 18.2 Å². The SMILES string of the molecule is C=C[C@@H]1C[C@]1(NC(=O)[C@@](Nc1nc(C(F)(F)F)cs1)(C(=O)[C@@H]1C[C@@H](OC(=O)N2Cc3cccc(Cl)c3C2)CN1)C1CCCCC1)C(=O)NS(=O)(=O)C1CC1. The number of nitrogens with one attached hydrogen (secondary N) is 4. The molecule has 54 heavy (non-hydrogen) atoms. The van der Waals surface area contributed by atoms with E-state index in [-0.39, 0.29) is 37.6 Å². The number of benzene rings is 1. The number of Topliss-reactive ketones (excluding diaryl/α,β-unsaturated/α-hetero) is 1. The number of ether oxygens (including phenoxy) is 1. The van der Waals surface area contributed by atoms with E-state index in [0.29, 0.717) is 54.9 Å². The second kappa shape index (κ2) is 14.4. The molecule has 2 aromatic rings. The number of thiazole rings is 1. The van der Waals surface area contributed by atoms with Crippen LogP contribution in [0.3, 0.4) is 0 Å². The summed E-state index contributed by atoms with van der Waals surface area (Å²) in [4.78, 5) is 62.1. The van der Waals surface area contributed by atoms with E-state index in [4.69, 9.17) is 16.3 Å². The van der Waals surface area contributed by atoms with Crippen molar-refractivity contribution in [1.82, 2.24) is 25.2 Å². The van der Waals surface area contributed by atoms with Crippen LogP contribution in [0.4, 0.5) is 23.1 Å². The third-order valence-corrected chi connectivity index (χ3v) is 14.1. The number of hydrogen-bond donors (Lipinski definition) is 4. The molecule has 7 rings (SSSR count). The van der Waals surface area contributed by atoms with Crippen molar-refractivity contribution in [3.05, 3.63) is 58.1 Å². The summed E-state index contributed by atoms with van der Waals surface area (Å²) in [6, 6.07) is 4.28. The van der Waals surface area contributed by atoms with Crippen molar-refractivity contribution in [1.29, 1.82) is 0 Å². The van der Waals surface area contributed by atoms with Gasteiger partial charge in [0.1, 0.15) is 11.6 Å². The second-order valence-corrected chi connectivity index (χ2v) is 18.0. The standard InChI is InChI=1S/C35H40ClF3N6O7S2/c1-2-20-14-33(20,29(47)44-54(50,51)23-11-12-23)42-30(48)34(21-8-4-3-5-9-21,43-31-41-27(18-53-31)35(37,38)39)28(46)26-13-22(15-40-26)52-32(49)45-16-19-7-6-10-25(36)24(19)17-45/h2,6-7,10,18,20-23,26,40H,1,3-5,8-9,11-17H2,(H,41,43)(H,42,48)(H,44,47)/t20-,22-,26+,33-,34+/m1/s1. The Labute approximate surface area is 318 Å². The van der Waals surface area contributed by atoms with Gasteiger partial charge in [-0.15, -0.1) is 17.9 Å². The molecule has 4 fully saturated rings. The van der Waals surface area contributed by atoms with Gasteiger partial charge in [-0.05, 0) is 55.2 Å². The Hall–Kier alpha value is -3.74. The first-order chi connectivity index (χ1) is 25.6. The first-order valence-electron chi connectivity index (χ1n) is 17.9. The number of carbonyl (C=O) groups is 4. The molecule has 0 unspecified atom stereocenters. The van der Waals surface area contributed by atoms with Crippen LogP contribution in [0.2, 0.25) is 5.02 Å². The molecule has 13 nitrogen and oxygen atoms in total. The second-order valence-electron chi connectivity index (χ2n) is 14.8. The van der Waals surface area contributed by atoms with Gasteiger partial charge in [-0.2, -0.15) is 13.2 Å². The Morgan fingerprint density at radius 1 is 1.11 bits per heavy atom. The number of fused-ring (bicyclic) bond motifs is 1. The summed E-state index contributed by atoms with van der Waals surface area (Å²) >= 11 is 6.89. The topological polar surface area (TPSA) is 176 Å². The molecule has 5 aliphatic rings. The molecule has 0 radical (unpaired) electrons. The molecule has 0 bridgehead atoms. The minimum Gasteiger partial charge on any atom is -0.445 e. The molecule has 4 N–H and O–H groups in total. The number of amides is 3. The van der Waals surface area contributed by atoms with Gasteiger partial charge in [0, 0.05) is 35.8 Å². The number of aromatic nitrogens is 1. The van der Waals surface area contributed by atoms with Crippen molar-refractivity contribution in [2.45, 2.75) is 106 Å². The van der Waals surface area contributed by atoms with Crippen LogP contribution in [-0.4, -0.2) is 77.0 Å². The van der Waals surface area contributed by atoms with E-state index in [0.717, 1.165) is 22.9 Å². The van der Waals surface area contributed by atoms with Gasteiger partial charge in [0.25, 0.3) is 11.8 Å². The fraction of sp³-hybridized carbons (Fsp3) is 0.571. The summed E-state index contributed by atoms with van der Waals surface area (Å²) in [5.41, 5.74) is -3.56. The Balaban J connectivity index is 1.18. The highest BCUT2D eigenvalue weighted by Gasteiger charge is 2.65. The molecular weight excluding hydrogens is 773 g/mol. The Morgan fingerprint density at radius 2 is 1.85 bits per heavy atom. The minimum atomic E-state index is -4.80. The molecule has 1 aromatic carbocycles. The van der Waals surface area contributed by atoms with E-state index in [1.54, 1.807) is 12.1 Å². The number of ketones is 1. The lowest BCUT2D eigenvalue weighted by molar-refractivity contribution is -0.141. The fourth-order valence-corrected chi connectivity index (χ4v) is 10.3. The van der Waals surface area contributed by atoms with Crippen LogP contribution in [0, 0.1) is 11.8 Å². The Kier molecular flexibility index (Phi) is 10.3. The molecule has 292 valence electrons. The highest BCUT2D eigenvalue weighted by molar-refractivity contribution is 7.91. The average Bonchev–Trinajstić information content (AvgIpc) is 3.92. The van der Waals surface area contributed by atoms with Crippen molar-refractivity contribution in [3.63, 3.8) is 0 Å². The van der Waals surface area contributed by atoms with Crippen LogP contribution in [0.5, 0.6) is 0 Å². The molecule has 0 spiro atoms. The Bertz CT molecular complexity index is 1970. The van der Waals surface area contributed by atoms with Crippen molar-refractivity contribution < 1.29 is 45.5 Å². The maximum atomic E-state index is 15.0. The lowest BCUT2D eigenvalue weighted by Crippen LogP contribution is -2.69. The summed E-state index contributed by atoms with van der Waals surface area (Å²) in [6.45, 7) is 4.30. The average molecular weight is 813 g/mol. The van der Waals surface area contributed by atoms with Crippen LogP contribution < -0.4 is 20.7 Å². The highest BCUT2D eigenvalue weighted by Crippen LogP contribution is 2.47. The van der Waals surface area contributed by atoms with Crippen LogP contribution in [0.25, 0.3) is 0 Å². The zero-order chi connectivity index (χ0) is 38.6. The van der Waals surface area contributed by atoms with E-state index in [2.05, 4.69) is 32.2 Å². The normalized spacial score (nSPS) is 26.7. The molecule has 5 atom stereocenters. The molecule has 1 saturated heterocycles. The van der Waals surface area contributed by atoms with Crippen molar-refractivity contribution in [2.24, 2.45) is 11.8 Å². The van der Waals surface area contributed by atoms with Crippen molar-refractivity contribution in [2.75, 3.05) is 11.9 Å². The van der Waals surface area contributed by atoms with Gasteiger partial charge in [0.15, 0.2) is 22.1 Å². The molecule has 2 aliphatic heterocycles. The lowest BCUT2D eigenvalue weighted by Gasteiger charge is -2.42. The monoisotopic (exact) mass is 812 g/mol. The van der Waals surface area contributed by atoms with Crippen LogP contribution in [0.1, 0.15) is 74.6 Å². The number of halogens is 4. The van der Waals surface area contributed by atoms with E-state index in [9.17, 15) is 36.0 Å². The van der Waals surface area contributed by atoms with Crippen LogP contribution in [0.15, 0.2) is 36.2 Å². The smallest absolute Gasteiger partial charge is 0.434 e. The summed E-state index contributed by atoms with van der Waals surface area (Å²) in [7, 11) is -4.03. The number of alkyl halides is 3. The molecule has 3 saturated carbocycles. The first-order valence-corrected chi connectivity index (χ1v) is 20.7. The molecule has 3 amide bonds. The summed E-state index contributed by atoms with van der Waals surface area (Å²) in [6.07, 6.45) is -1.42. The molecule has 19 heteroatoms. The maximum absolute atomic E-state index is 15.0. The maximum Gasteiger partial charge on any atom is 0.434 e. The molecule has 3 heterocycles. The van der Waals surface area contributed by atoms with Crippen LogP contribution >= 0.6 is 22.9 Å².